The molecule has 1 N–H and O–H groups in total. The fourth-order valence-electron chi connectivity index (χ4n) is 2.61. The predicted octanol–water partition coefficient (Wildman–Crippen LogP) is 3.03. The van der Waals surface area contributed by atoms with E-state index in [-0.39, 0.29) is 23.4 Å². The second-order valence-electron chi connectivity index (χ2n) is 5.64. The molecule has 1 heterocycles. The van der Waals surface area contributed by atoms with Crippen molar-refractivity contribution in [2.24, 2.45) is 0 Å². The monoisotopic (exact) mass is 374 g/mol. The third kappa shape index (κ3) is 3.70. The average Bonchev–Trinajstić information content (AvgIpc) is 2.67. The molecule has 2 aromatic carbocycles. The number of nitrogens with one attached hydrogen (secondary N) is 1. The van der Waals surface area contributed by atoms with Gasteiger partial charge in [0.05, 0.1) is 17.3 Å². The lowest BCUT2D eigenvalue weighted by Gasteiger charge is -2.33. The highest BCUT2D eigenvalue weighted by molar-refractivity contribution is 6.30. The molecule has 2 amide bonds. The minimum Gasteiger partial charge on any atom is -0.477 e. The number of benzene rings is 2. The maximum absolute atomic E-state index is 13.2. The van der Waals surface area contributed by atoms with Crippen LogP contribution >= 0.6 is 11.6 Å². The first-order chi connectivity index (χ1) is 12.5. The van der Waals surface area contributed by atoms with Crippen molar-refractivity contribution in [2.75, 3.05) is 18.5 Å². The molecule has 0 fully saturated rings. The topological polar surface area (TPSA) is 58.6 Å². The number of amides is 2. The summed E-state index contributed by atoms with van der Waals surface area (Å²) < 4.78 is 18.9. The average molecular weight is 375 g/mol. The van der Waals surface area contributed by atoms with Crippen molar-refractivity contribution in [3.05, 3.63) is 64.9 Å². The summed E-state index contributed by atoms with van der Waals surface area (Å²) in [7, 11) is 1.51. The molecule has 3 rings (SSSR count). The van der Waals surface area contributed by atoms with E-state index in [9.17, 15) is 14.0 Å². The first kappa shape index (κ1) is 17.9. The van der Waals surface area contributed by atoms with E-state index in [0.717, 1.165) is 0 Å². The van der Waals surface area contributed by atoms with Gasteiger partial charge in [-0.25, -0.2) is 4.39 Å². The van der Waals surface area contributed by atoms with Gasteiger partial charge < -0.3 is 15.0 Å². The van der Waals surface area contributed by atoms with Crippen LogP contribution in [0.1, 0.15) is 5.56 Å². The molecule has 0 radical (unpaired) electrons. The molecule has 0 saturated carbocycles. The quantitative estimate of drug-likeness (QED) is 0.840. The highest BCUT2D eigenvalue weighted by Crippen LogP contribution is 2.33. The zero-order valence-electron chi connectivity index (χ0n) is 13.9. The van der Waals surface area contributed by atoms with Gasteiger partial charge in [-0.2, -0.15) is 0 Å². The van der Waals surface area contributed by atoms with Crippen LogP contribution in [0.15, 0.2) is 48.5 Å². The van der Waals surface area contributed by atoms with Crippen LogP contribution in [0.4, 0.5) is 10.1 Å². The Bertz CT molecular complexity index is 885. The van der Waals surface area contributed by atoms with Crippen LogP contribution < -0.4 is 15.0 Å². The molecule has 0 saturated heterocycles. The number of likely N-dealkylation sites (N-methyl/N-ethyl adjacent to an activating group) is 1. The zero-order valence-corrected chi connectivity index (χ0v) is 14.7. The van der Waals surface area contributed by atoms with Gasteiger partial charge in [-0.15, -0.1) is 0 Å². The van der Waals surface area contributed by atoms with Crippen molar-refractivity contribution >= 4 is 35.2 Å². The Kier molecular flexibility index (Phi) is 5.23. The first-order valence-corrected chi connectivity index (χ1v) is 8.29. The highest BCUT2D eigenvalue weighted by Gasteiger charge is 2.32. The number of nitrogens with zero attached hydrogens (tertiary/aromatic N) is 1. The Labute approximate surface area is 155 Å². The Morgan fingerprint density at radius 2 is 2.08 bits per heavy atom. The fraction of sp³-hybridized carbons (Fsp3) is 0.158. The summed E-state index contributed by atoms with van der Waals surface area (Å²) in [5.74, 6) is -0.703. The van der Waals surface area contributed by atoms with Gasteiger partial charge in [0.2, 0.25) is 0 Å². The summed E-state index contributed by atoms with van der Waals surface area (Å²) in [6.07, 6.45) is 2.10. The van der Waals surface area contributed by atoms with E-state index >= 15 is 0 Å². The minimum absolute atomic E-state index is 0.0176. The Morgan fingerprint density at radius 3 is 2.81 bits per heavy atom. The Hall–Kier alpha value is -2.86. The second-order valence-corrected chi connectivity index (χ2v) is 6.05. The largest absolute Gasteiger partial charge is 0.477 e. The van der Waals surface area contributed by atoms with E-state index in [1.54, 1.807) is 30.3 Å². The molecule has 1 aliphatic heterocycles. The molecule has 7 heteroatoms. The van der Waals surface area contributed by atoms with E-state index in [2.05, 4.69) is 5.32 Å². The summed E-state index contributed by atoms with van der Waals surface area (Å²) in [5.41, 5.74) is 1.17. The Morgan fingerprint density at radius 1 is 1.31 bits per heavy atom. The highest BCUT2D eigenvalue weighted by atomic mass is 35.5. The van der Waals surface area contributed by atoms with Gasteiger partial charge in [0.15, 0.2) is 6.10 Å². The number of hydrogen-bond donors (Lipinski definition) is 1. The molecule has 5 nitrogen and oxygen atoms in total. The molecule has 1 atom stereocenters. The lowest BCUT2D eigenvalue weighted by molar-refractivity contribution is -0.127. The van der Waals surface area contributed by atoms with E-state index < -0.39 is 11.9 Å². The molecular weight excluding hydrogens is 359 g/mol. The van der Waals surface area contributed by atoms with Gasteiger partial charge in [-0.1, -0.05) is 29.8 Å². The minimum atomic E-state index is -0.799. The van der Waals surface area contributed by atoms with Crippen molar-refractivity contribution in [1.29, 1.82) is 0 Å². The lowest BCUT2D eigenvalue weighted by atomic mass is 10.1. The summed E-state index contributed by atoms with van der Waals surface area (Å²) >= 11 is 5.75. The van der Waals surface area contributed by atoms with Crippen LogP contribution in [0.3, 0.4) is 0 Å². The SMILES string of the molecule is CNC(=O)[C@H]1CN(C(=O)/C=C/c2ccc(F)c(Cl)c2)c2ccccc2O1. The van der Waals surface area contributed by atoms with Gasteiger partial charge >= 0.3 is 0 Å². The standard InChI is InChI=1S/C19H16ClFN2O3/c1-22-19(25)17-11-23(15-4-2-3-5-16(15)26-17)18(24)9-7-12-6-8-14(21)13(20)10-12/h2-10,17H,11H2,1H3,(H,22,25)/b9-7+/t17-/m1/s1. The summed E-state index contributed by atoms with van der Waals surface area (Å²) in [6, 6.07) is 11.2. The Balaban J connectivity index is 1.86. The molecule has 0 aliphatic carbocycles. The molecule has 0 aromatic heterocycles. The van der Waals surface area contributed by atoms with Crippen LogP contribution in [-0.2, 0) is 9.59 Å². The van der Waals surface area contributed by atoms with Crippen molar-refractivity contribution in [1.82, 2.24) is 5.32 Å². The van der Waals surface area contributed by atoms with E-state index in [1.165, 1.54) is 36.2 Å². The zero-order chi connectivity index (χ0) is 18.7. The number of rotatable bonds is 3. The molecule has 0 unspecified atom stereocenters. The van der Waals surface area contributed by atoms with Crippen molar-refractivity contribution in [3.8, 4) is 5.75 Å². The van der Waals surface area contributed by atoms with E-state index in [0.29, 0.717) is 17.0 Å². The molecule has 134 valence electrons. The van der Waals surface area contributed by atoms with Gasteiger partial charge in [0, 0.05) is 13.1 Å². The summed E-state index contributed by atoms with van der Waals surface area (Å²) in [6.45, 7) is 0.0873. The molecule has 2 aromatic rings. The van der Waals surface area contributed by atoms with E-state index in [4.69, 9.17) is 16.3 Å². The number of fused-ring (bicyclic) bond motifs is 1. The maximum Gasteiger partial charge on any atom is 0.262 e. The van der Waals surface area contributed by atoms with Crippen molar-refractivity contribution in [3.63, 3.8) is 0 Å². The van der Waals surface area contributed by atoms with Crippen LogP contribution in [0.2, 0.25) is 5.02 Å². The maximum atomic E-state index is 13.2. The van der Waals surface area contributed by atoms with Gasteiger partial charge in [0.25, 0.3) is 11.8 Å². The third-order valence-electron chi connectivity index (χ3n) is 3.94. The molecule has 1 aliphatic rings. The number of ether oxygens (including phenoxy) is 1. The van der Waals surface area contributed by atoms with E-state index in [1.807, 2.05) is 0 Å². The molecule has 26 heavy (non-hydrogen) atoms. The fourth-order valence-corrected chi connectivity index (χ4v) is 2.80. The number of anilines is 1. The van der Waals surface area contributed by atoms with Crippen LogP contribution in [-0.4, -0.2) is 31.5 Å². The second kappa shape index (κ2) is 7.58. The van der Waals surface area contributed by atoms with Crippen LogP contribution in [0.25, 0.3) is 6.08 Å². The molecule has 0 bridgehead atoms. The molecular formula is C19H16ClFN2O3. The number of halogens is 2. The lowest BCUT2D eigenvalue weighted by Crippen LogP contribution is -2.49. The summed E-state index contributed by atoms with van der Waals surface area (Å²) in [4.78, 5) is 26.1. The number of para-hydroxylation sites is 2. The van der Waals surface area contributed by atoms with Gasteiger partial charge in [-0.05, 0) is 35.9 Å². The van der Waals surface area contributed by atoms with Crippen LogP contribution in [0, 0.1) is 5.82 Å². The normalized spacial score (nSPS) is 16.1. The van der Waals surface area contributed by atoms with Crippen molar-refractivity contribution < 1.29 is 18.7 Å². The first-order valence-electron chi connectivity index (χ1n) is 7.91. The van der Waals surface area contributed by atoms with Crippen LogP contribution in [0.5, 0.6) is 5.75 Å². The predicted molar refractivity (Wildman–Crippen MR) is 97.7 cm³/mol. The van der Waals surface area contributed by atoms with Crippen molar-refractivity contribution in [2.45, 2.75) is 6.10 Å². The summed E-state index contributed by atoms with van der Waals surface area (Å²) in [5, 5.41) is 2.51. The van der Waals surface area contributed by atoms with Gasteiger partial charge in [0.1, 0.15) is 11.6 Å². The third-order valence-corrected chi connectivity index (χ3v) is 4.23. The number of carbonyl (C=O) groups excluding carboxylic acids is 2. The number of hydrogen-bond acceptors (Lipinski definition) is 3. The smallest absolute Gasteiger partial charge is 0.262 e. The molecule has 0 spiro atoms. The van der Waals surface area contributed by atoms with Gasteiger partial charge in [-0.3, -0.25) is 9.59 Å². The number of carbonyl (C=O) groups is 2.